The van der Waals surface area contributed by atoms with E-state index in [-0.39, 0.29) is 49.6 Å². The number of nitrogens with one attached hydrogen (secondary N) is 2. The van der Waals surface area contributed by atoms with Crippen LogP contribution in [-0.2, 0) is 30.8 Å². The molecule has 3 heterocycles. The van der Waals surface area contributed by atoms with Gasteiger partial charge in [-0.25, -0.2) is 9.07 Å². The molecule has 0 aliphatic heterocycles. The van der Waals surface area contributed by atoms with E-state index >= 15 is 0 Å². The Morgan fingerprint density at radius 3 is 2.62 bits per heavy atom. The minimum Gasteiger partial charge on any atom is -0.406 e. The van der Waals surface area contributed by atoms with Crippen molar-refractivity contribution in [3.8, 4) is 5.75 Å². The van der Waals surface area contributed by atoms with Gasteiger partial charge in [0.05, 0.1) is 37.6 Å². The number of carbonyl (C=O) groups excluding carboxylic acids is 2. The molecule has 0 bridgehead atoms. The van der Waals surface area contributed by atoms with Crippen molar-refractivity contribution in [1.29, 1.82) is 0 Å². The third kappa shape index (κ3) is 8.85. The Labute approximate surface area is 224 Å². The predicted molar refractivity (Wildman–Crippen MR) is 130 cm³/mol. The topological polar surface area (TPSA) is 142 Å². The van der Waals surface area contributed by atoms with Crippen LogP contribution in [-0.4, -0.2) is 59.3 Å². The van der Waals surface area contributed by atoms with Gasteiger partial charge in [-0.1, -0.05) is 28.6 Å². The number of hydrogen-bond donors (Lipinski definition) is 2. The van der Waals surface area contributed by atoms with Crippen LogP contribution in [0.5, 0.6) is 5.75 Å². The highest BCUT2D eigenvalue weighted by Crippen LogP contribution is 2.23. The first-order chi connectivity index (χ1) is 19.1. The fourth-order valence-electron chi connectivity index (χ4n) is 3.51. The Morgan fingerprint density at radius 1 is 1.02 bits per heavy atom. The third-order valence-corrected chi connectivity index (χ3v) is 5.29. The molecule has 40 heavy (non-hydrogen) atoms. The predicted octanol–water partition coefficient (Wildman–Crippen LogP) is 2.70. The Balaban J connectivity index is 1.20. The molecule has 0 radical (unpaired) electrons. The van der Waals surface area contributed by atoms with E-state index < -0.39 is 30.1 Å². The summed E-state index contributed by atoms with van der Waals surface area (Å²) in [5, 5.41) is 20.3. The average molecular weight is 562 g/mol. The molecule has 1 atom stereocenters. The minimum atomic E-state index is -4.84. The van der Waals surface area contributed by atoms with E-state index in [2.05, 4.69) is 41.0 Å². The molecule has 1 unspecified atom stereocenters. The van der Waals surface area contributed by atoms with Gasteiger partial charge in [-0.3, -0.25) is 19.3 Å². The number of hydrogen-bond acceptors (Lipinski definition) is 8. The van der Waals surface area contributed by atoms with Crippen molar-refractivity contribution in [1.82, 2.24) is 40.3 Å². The summed E-state index contributed by atoms with van der Waals surface area (Å²) in [6.45, 7) is 0.215. The number of nitrogens with zero attached hydrogens (tertiary/aromatic N) is 7. The third-order valence-electron chi connectivity index (χ3n) is 5.29. The second-order valence-corrected chi connectivity index (χ2v) is 8.50. The summed E-state index contributed by atoms with van der Waals surface area (Å²) in [6.07, 6.45) is -2.05. The molecule has 0 aliphatic rings. The molecule has 0 aliphatic carbocycles. The smallest absolute Gasteiger partial charge is 0.406 e. The summed E-state index contributed by atoms with van der Waals surface area (Å²) < 4.78 is 58.1. The Hall–Kier alpha value is -4.89. The van der Waals surface area contributed by atoms with Crippen LogP contribution in [0.4, 0.5) is 23.4 Å². The van der Waals surface area contributed by atoms with Crippen LogP contribution in [0.15, 0.2) is 61.1 Å². The lowest BCUT2D eigenvalue weighted by Crippen LogP contribution is -2.23. The van der Waals surface area contributed by atoms with Crippen LogP contribution in [0, 0.1) is 0 Å². The number of alkyl halides is 4. The Kier molecular flexibility index (Phi) is 8.98. The molecule has 2 amide bonds. The zero-order valence-corrected chi connectivity index (χ0v) is 20.8. The molecular weight excluding hydrogens is 538 g/mol. The van der Waals surface area contributed by atoms with Gasteiger partial charge in [-0.2, -0.15) is 0 Å². The number of ether oxygens (including phenoxy) is 1. The van der Waals surface area contributed by atoms with E-state index in [1.165, 1.54) is 33.9 Å². The highest BCUT2D eigenvalue weighted by atomic mass is 19.4. The number of amides is 2. The number of anilines is 1. The highest BCUT2D eigenvalue weighted by Gasteiger charge is 2.31. The van der Waals surface area contributed by atoms with Crippen LogP contribution in [0.25, 0.3) is 0 Å². The lowest BCUT2D eigenvalue weighted by Gasteiger charge is -2.09. The van der Waals surface area contributed by atoms with E-state index in [4.69, 9.17) is 0 Å². The normalized spacial score (nSPS) is 12.1. The van der Waals surface area contributed by atoms with E-state index in [0.717, 1.165) is 12.1 Å². The molecule has 16 heteroatoms. The van der Waals surface area contributed by atoms with Crippen molar-refractivity contribution < 1.29 is 31.9 Å². The second kappa shape index (κ2) is 12.8. The van der Waals surface area contributed by atoms with Crippen LogP contribution >= 0.6 is 0 Å². The van der Waals surface area contributed by atoms with Crippen LogP contribution in [0.2, 0.25) is 0 Å². The maximum absolute atomic E-state index is 14.5. The van der Waals surface area contributed by atoms with Crippen molar-refractivity contribution in [2.75, 3.05) is 5.32 Å². The quantitative estimate of drug-likeness (QED) is 0.252. The number of carbonyl (C=O) groups is 2. The van der Waals surface area contributed by atoms with Crippen molar-refractivity contribution >= 4 is 17.6 Å². The first kappa shape index (κ1) is 28.1. The van der Waals surface area contributed by atoms with E-state index in [1.807, 2.05) is 0 Å². The number of rotatable bonds is 12. The molecule has 0 spiro atoms. The second-order valence-electron chi connectivity index (χ2n) is 8.50. The highest BCUT2D eigenvalue weighted by molar-refractivity contribution is 5.92. The van der Waals surface area contributed by atoms with Gasteiger partial charge in [0.25, 0.3) is 5.91 Å². The SMILES string of the molecule is O=C(Cc1cccc(OC(F)(F)F)c1)Nc1cn(CC(F)CCn2cc(C(=O)NCc3ccccn3)nn2)nn1. The number of benzene rings is 1. The van der Waals surface area contributed by atoms with Gasteiger partial charge >= 0.3 is 6.36 Å². The van der Waals surface area contributed by atoms with Crippen LogP contribution in [0.3, 0.4) is 0 Å². The summed E-state index contributed by atoms with van der Waals surface area (Å²) in [6, 6.07) is 10.4. The summed E-state index contributed by atoms with van der Waals surface area (Å²) in [5.41, 5.74) is 1.06. The molecule has 0 saturated heterocycles. The lowest BCUT2D eigenvalue weighted by molar-refractivity contribution is -0.274. The molecule has 2 N–H and O–H groups in total. The molecule has 4 rings (SSSR count). The van der Waals surface area contributed by atoms with Crippen LogP contribution < -0.4 is 15.4 Å². The Bertz CT molecular complexity index is 1430. The first-order valence-electron chi connectivity index (χ1n) is 11.9. The number of pyridine rings is 1. The Morgan fingerprint density at radius 2 is 1.85 bits per heavy atom. The molecule has 3 aromatic heterocycles. The molecule has 0 saturated carbocycles. The zero-order chi connectivity index (χ0) is 28.5. The summed E-state index contributed by atoms with van der Waals surface area (Å²) in [5.74, 6) is -1.38. The summed E-state index contributed by atoms with van der Waals surface area (Å²) in [7, 11) is 0. The fourth-order valence-corrected chi connectivity index (χ4v) is 3.51. The van der Waals surface area contributed by atoms with Crippen molar-refractivity contribution in [2.24, 2.45) is 0 Å². The van der Waals surface area contributed by atoms with Crippen molar-refractivity contribution in [3.05, 3.63) is 78.0 Å². The molecule has 1 aromatic carbocycles. The number of halogens is 4. The van der Waals surface area contributed by atoms with Gasteiger partial charge in [0, 0.05) is 19.2 Å². The van der Waals surface area contributed by atoms with E-state index in [9.17, 15) is 27.2 Å². The van der Waals surface area contributed by atoms with Gasteiger partial charge in [-0.15, -0.1) is 23.4 Å². The minimum absolute atomic E-state index is 0.0379. The lowest BCUT2D eigenvalue weighted by atomic mass is 10.1. The zero-order valence-electron chi connectivity index (χ0n) is 20.8. The van der Waals surface area contributed by atoms with Gasteiger partial charge in [0.15, 0.2) is 11.5 Å². The van der Waals surface area contributed by atoms with Crippen LogP contribution in [0.1, 0.15) is 28.2 Å². The summed E-state index contributed by atoms with van der Waals surface area (Å²) >= 11 is 0. The average Bonchev–Trinajstić information content (AvgIpc) is 3.55. The maximum atomic E-state index is 14.5. The summed E-state index contributed by atoms with van der Waals surface area (Å²) in [4.78, 5) is 28.6. The molecule has 12 nitrogen and oxygen atoms in total. The molecule has 0 fully saturated rings. The number of aryl methyl sites for hydroxylation is 1. The van der Waals surface area contributed by atoms with E-state index in [1.54, 1.807) is 24.4 Å². The fraction of sp³-hybridized carbons (Fsp3) is 0.292. The van der Waals surface area contributed by atoms with E-state index in [0.29, 0.717) is 5.69 Å². The monoisotopic (exact) mass is 561 g/mol. The maximum Gasteiger partial charge on any atom is 0.573 e. The molecule has 4 aromatic rings. The van der Waals surface area contributed by atoms with Crippen molar-refractivity contribution in [2.45, 2.75) is 45.0 Å². The van der Waals surface area contributed by atoms with Gasteiger partial charge in [-0.05, 0) is 29.8 Å². The number of aromatic nitrogens is 7. The standard InChI is InChI=1S/C24H23F4N9O3/c25-17(7-9-36-14-20(32-34-36)23(39)30-12-18-5-1-2-8-29-18)13-37-15-21(33-35-37)31-22(38)11-16-4-3-6-19(10-16)40-24(26,27)28/h1-6,8,10,14-15,17H,7,9,11-13H2,(H,30,39)(H,31,38). The van der Waals surface area contributed by atoms with Gasteiger partial charge in [0.1, 0.15) is 11.9 Å². The first-order valence-corrected chi connectivity index (χ1v) is 11.9. The largest absolute Gasteiger partial charge is 0.573 e. The molecule has 210 valence electrons. The van der Waals surface area contributed by atoms with Crippen molar-refractivity contribution in [3.63, 3.8) is 0 Å². The van der Waals surface area contributed by atoms with Gasteiger partial charge < -0.3 is 15.4 Å². The molecular formula is C24H23F4N9O3. The van der Waals surface area contributed by atoms with Gasteiger partial charge in [0.2, 0.25) is 5.91 Å².